The second-order valence-corrected chi connectivity index (χ2v) is 7.57. The van der Waals surface area contributed by atoms with Crippen molar-refractivity contribution >= 4 is 17.5 Å². The first-order valence-electron chi connectivity index (χ1n) is 9.95. The first-order valence-corrected chi connectivity index (χ1v) is 9.95. The molecular weight excluding hydrogens is 366 g/mol. The summed E-state index contributed by atoms with van der Waals surface area (Å²) in [5.74, 6) is 0.472. The molecule has 0 aromatic heterocycles. The van der Waals surface area contributed by atoms with Gasteiger partial charge in [0.2, 0.25) is 5.91 Å². The summed E-state index contributed by atoms with van der Waals surface area (Å²) in [7, 11) is 5.61. The topological polar surface area (TPSA) is 61.9 Å². The average molecular weight is 396 g/mol. The summed E-state index contributed by atoms with van der Waals surface area (Å²) in [6.07, 6.45) is 1.48. The summed E-state index contributed by atoms with van der Waals surface area (Å²) in [6, 6.07) is 15.5. The molecule has 0 unspecified atom stereocenters. The number of hydrogen-bond acceptors (Lipinski definition) is 4. The standard InChI is InChI=1S/C23H29N3O3/c1-25(2)20-9-7-17(8-10-20)11-13-24-22(27)19-12-14-26(16-19)23(28)18-5-4-6-21(15-18)29-3/h4-10,15,19H,11-14,16H2,1-3H3,(H,24,27)/t19-/m1/s1. The highest BCUT2D eigenvalue weighted by Gasteiger charge is 2.31. The third-order valence-corrected chi connectivity index (χ3v) is 5.33. The van der Waals surface area contributed by atoms with E-state index in [4.69, 9.17) is 4.74 Å². The molecule has 1 N–H and O–H groups in total. The Bertz CT molecular complexity index is 849. The molecule has 0 aliphatic carbocycles. The molecule has 1 heterocycles. The van der Waals surface area contributed by atoms with Crippen molar-refractivity contribution in [3.8, 4) is 5.75 Å². The zero-order chi connectivity index (χ0) is 20.8. The minimum atomic E-state index is -0.152. The highest BCUT2D eigenvalue weighted by atomic mass is 16.5. The van der Waals surface area contributed by atoms with Gasteiger partial charge in [-0.3, -0.25) is 9.59 Å². The van der Waals surface area contributed by atoms with Crippen LogP contribution < -0.4 is 15.0 Å². The van der Waals surface area contributed by atoms with Gasteiger partial charge < -0.3 is 19.9 Å². The number of likely N-dealkylation sites (tertiary alicyclic amines) is 1. The van der Waals surface area contributed by atoms with Crippen molar-refractivity contribution < 1.29 is 14.3 Å². The van der Waals surface area contributed by atoms with Gasteiger partial charge >= 0.3 is 0 Å². The molecule has 1 saturated heterocycles. The third-order valence-electron chi connectivity index (χ3n) is 5.33. The lowest BCUT2D eigenvalue weighted by Crippen LogP contribution is -2.35. The molecule has 2 aromatic rings. The number of ether oxygens (including phenoxy) is 1. The Morgan fingerprint density at radius 2 is 1.93 bits per heavy atom. The van der Waals surface area contributed by atoms with Crippen LogP contribution in [0.5, 0.6) is 5.75 Å². The van der Waals surface area contributed by atoms with Crippen molar-refractivity contribution in [3.63, 3.8) is 0 Å². The predicted octanol–water partition coefficient (Wildman–Crippen LogP) is 2.58. The van der Waals surface area contributed by atoms with Crippen molar-refractivity contribution in [1.82, 2.24) is 10.2 Å². The summed E-state index contributed by atoms with van der Waals surface area (Å²) < 4.78 is 5.19. The van der Waals surface area contributed by atoms with E-state index in [9.17, 15) is 9.59 Å². The van der Waals surface area contributed by atoms with Crippen molar-refractivity contribution in [3.05, 3.63) is 59.7 Å². The van der Waals surface area contributed by atoms with Gasteiger partial charge in [-0.15, -0.1) is 0 Å². The fourth-order valence-corrected chi connectivity index (χ4v) is 3.53. The van der Waals surface area contributed by atoms with Gasteiger partial charge in [0.1, 0.15) is 5.75 Å². The Morgan fingerprint density at radius 1 is 1.17 bits per heavy atom. The van der Waals surface area contributed by atoms with Crippen LogP contribution in [0.1, 0.15) is 22.3 Å². The van der Waals surface area contributed by atoms with E-state index in [1.807, 2.05) is 20.2 Å². The fraction of sp³-hybridized carbons (Fsp3) is 0.391. The van der Waals surface area contributed by atoms with Gasteiger partial charge in [-0.2, -0.15) is 0 Å². The van der Waals surface area contributed by atoms with E-state index < -0.39 is 0 Å². The number of carbonyl (C=O) groups excluding carboxylic acids is 2. The lowest BCUT2D eigenvalue weighted by molar-refractivity contribution is -0.124. The molecule has 1 aliphatic rings. The Morgan fingerprint density at radius 3 is 2.62 bits per heavy atom. The van der Waals surface area contributed by atoms with Gasteiger partial charge in [-0.05, 0) is 48.7 Å². The smallest absolute Gasteiger partial charge is 0.254 e. The summed E-state index contributed by atoms with van der Waals surface area (Å²) in [6.45, 7) is 1.65. The lowest BCUT2D eigenvalue weighted by Gasteiger charge is -2.17. The summed E-state index contributed by atoms with van der Waals surface area (Å²) in [5, 5.41) is 3.02. The van der Waals surface area contributed by atoms with Crippen LogP contribution in [0.3, 0.4) is 0 Å². The van der Waals surface area contributed by atoms with E-state index >= 15 is 0 Å². The lowest BCUT2D eigenvalue weighted by atomic mass is 10.1. The molecule has 0 bridgehead atoms. The van der Waals surface area contributed by atoms with Crippen molar-refractivity contribution in [1.29, 1.82) is 0 Å². The first kappa shape index (κ1) is 20.7. The Balaban J connectivity index is 1.47. The molecule has 3 rings (SSSR count). The van der Waals surface area contributed by atoms with Crippen LogP contribution in [0.25, 0.3) is 0 Å². The van der Waals surface area contributed by atoms with Crippen LogP contribution in [0.4, 0.5) is 5.69 Å². The van der Waals surface area contributed by atoms with Crippen LogP contribution in [-0.2, 0) is 11.2 Å². The van der Waals surface area contributed by atoms with Crippen LogP contribution in [0.2, 0.25) is 0 Å². The molecule has 1 fully saturated rings. The maximum atomic E-state index is 12.7. The number of methoxy groups -OCH3 is 1. The number of benzene rings is 2. The summed E-state index contributed by atoms with van der Waals surface area (Å²) >= 11 is 0. The Kier molecular flexibility index (Phi) is 6.75. The maximum Gasteiger partial charge on any atom is 0.254 e. The Hall–Kier alpha value is -3.02. The minimum Gasteiger partial charge on any atom is -0.497 e. The molecule has 154 valence electrons. The molecule has 0 spiro atoms. The number of rotatable bonds is 7. The number of anilines is 1. The number of nitrogens with zero attached hydrogens (tertiary/aromatic N) is 2. The summed E-state index contributed by atoms with van der Waals surface area (Å²) in [5.41, 5.74) is 2.94. The Labute approximate surface area is 172 Å². The zero-order valence-electron chi connectivity index (χ0n) is 17.4. The van der Waals surface area contributed by atoms with E-state index in [1.54, 1.807) is 30.2 Å². The van der Waals surface area contributed by atoms with E-state index in [1.165, 1.54) is 5.56 Å². The van der Waals surface area contributed by atoms with Gasteiger partial charge in [0, 0.05) is 45.0 Å². The quantitative estimate of drug-likeness (QED) is 0.783. The number of nitrogens with one attached hydrogen (secondary N) is 1. The molecule has 0 saturated carbocycles. The highest BCUT2D eigenvalue weighted by Crippen LogP contribution is 2.21. The van der Waals surface area contributed by atoms with E-state index in [2.05, 4.69) is 34.5 Å². The van der Waals surface area contributed by atoms with E-state index in [0.717, 1.165) is 12.1 Å². The van der Waals surface area contributed by atoms with Crippen LogP contribution in [0.15, 0.2) is 48.5 Å². The highest BCUT2D eigenvalue weighted by molar-refractivity contribution is 5.95. The molecule has 1 aliphatic heterocycles. The predicted molar refractivity (Wildman–Crippen MR) is 114 cm³/mol. The van der Waals surface area contributed by atoms with Gasteiger partial charge in [0.05, 0.1) is 13.0 Å². The van der Waals surface area contributed by atoms with E-state index in [0.29, 0.717) is 37.4 Å². The van der Waals surface area contributed by atoms with Crippen molar-refractivity contribution in [2.24, 2.45) is 5.92 Å². The number of carbonyl (C=O) groups is 2. The molecule has 0 radical (unpaired) electrons. The van der Waals surface area contributed by atoms with Gasteiger partial charge in [-0.25, -0.2) is 0 Å². The summed E-state index contributed by atoms with van der Waals surface area (Å²) in [4.78, 5) is 29.0. The molecule has 2 aromatic carbocycles. The SMILES string of the molecule is COc1cccc(C(=O)N2CC[C@@H](C(=O)NCCc3ccc(N(C)C)cc3)C2)c1. The zero-order valence-corrected chi connectivity index (χ0v) is 17.4. The van der Waals surface area contributed by atoms with Crippen molar-refractivity contribution in [2.75, 3.05) is 45.7 Å². The molecule has 2 amide bonds. The monoisotopic (exact) mass is 395 g/mol. The fourth-order valence-electron chi connectivity index (χ4n) is 3.53. The van der Waals surface area contributed by atoms with Gasteiger partial charge in [0.15, 0.2) is 0 Å². The van der Waals surface area contributed by atoms with Gasteiger partial charge in [0.25, 0.3) is 5.91 Å². The maximum absolute atomic E-state index is 12.7. The van der Waals surface area contributed by atoms with Crippen LogP contribution in [0, 0.1) is 5.92 Å². The first-order chi connectivity index (χ1) is 14.0. The molecule has 6 heteroatoms. The van der Waals surface area contributed by atoms with Gasteiger partial charge in [-0.1, -0.05) is 18.2 Å². The number of hydrogen-bond donors (Lipinski definition) is 1. The second-order valence-electron chi connectivity index (χ2n) is 7.57. The molecule has 29 heavy (non-hydrogen) atoms. The normalized spacial score (nSPS) is 15.8. The average Bonchev–Trinajstić information content (AvgIpc) is 3.24. The van der Waals surface area contributed by atoms with Crippen LogP contribution in [-0.4, -0.2) is 57.6 Å². The minimum absolute atomic E-state index is 0.0239. The number of amides is 2. The second kappa shape index (κ2) is 9.45. The van der Waals surface area contributed by atoms with Crippen molar-refractivity contribution in [2.45, 2.75) is 12.8 Å². The molecule has 6 nitrogen and oxygen atoms in total. The van der Waals surface area contributed by atoms with Crippen LogP contribution >= 0.6 is 0 Å². The molecular formula is C23H29N3O3. The molecule has 1 atom stereocenters. The van der Waals surface area contributed by atoms with E-state index in [-0.39, 0.29) is 17.7 Å². The third kappa shape index (κ3) is 5.28. The largest absolute Gasteiger partial charge is 0.497 e.